The molecule has 5 heteroatoms. The minimum absolute atomic E-state index is 0.0317. The number of rotatable bonds is 7. The number of nitrogens with one attached hydrogen (secondary N) is 2. The van der Waals surface area contributed by atoms with E-state index in [0.717, 1.165) is 32.5 Å². The number of benzene rings is 1. The predicted octanol–water partition coefficient (Wildman–Crippen LogP) is 1.11. The summed E-state index contributed by atoms with van der Waals surface area (Å²) in [6.07, 6.45) is 1.55. The van der Waals surface area contributed by atoms with Crippen molar-refractivity contribution >= 4 is 5.91 Å². The Balaban J connectivity index is 1.91. The van der Waals surface area contributed by atoms with Gasteiger partial charge in [-0.25, -0.2) is 0 Å². The minimum atomic E-state index is -0.144. The largest absolute Gasteiger partial charge is 0.393 e. The molecule has 1 aliphatic rings. The van der Waals surface area contributed by atoms with E-state index in [1.54, 1.807) is 0 Å². The van der Waals surface area contributed by atoms with Gasteiger partial charge in [-0.05, 0) is 31.0 Å². The Kier molecular flexibility index (Phi) is 7.02. The molecule has 0 aromatic heterocycles. The van der Waals surface area contributed by atoms with Gasteiger partial charge in [0.2, 0.25) is 5.91 Å². The first kappa shape index (κ1) is 17.9. The number of aliphatic hydroxyl groups excluding tert-OH is 1. The quantitative estimate of drug-likeness (QED) is 0.705. The molecule has 3 N–H and O–H groups in total. The van der Waals surface area contributed by atoms with Crippen LogP contribution in [0.3, 0.4) is 0 Å². The zero-order chi connectivity index (χ0) is 16.7. The second-order valence-corrected chi connectivity index (χ2v) is 6.45. The monoisotopic (exact) mass is 319 g/mol. The van der Waals surface area contributed by atoms with Crippen LogP contribution in [0.4, 0.5) is 0 Å². The molecule has 1 heterocycles. The molecule has 1 unspecified atom stereocenters. The third kappa shape index (κ3) is 5.61. The molecule has 128 valence electrons. The maximum absolute atomic E-state index is 12.1. The van der Waals surface area contributed by atoms with E-state index in [1.165, 1.54) is 11.1 Å². The molecule has 1 aromatic carbocycles. The Bertz CT molecular complexity index is 499. The summed E-state index contributed by atoms with van der Waals surface area (Å²) in [6, 6.07) is 8.27. The lowest BCUT2D eigenvalue weighted by Crippen LogP contribution is -2.36. The lowest BCUT2D eigenvalue weighted by molar-refractivity contribution is -0.124. The Labute approximate surface area is 139 Å². The fourth-order valence-electron chi connectivity index (χ4n) is 2.96. The third-order valence-electron chi connectivity index (χ3n) is 4.48. The van der Waals surface area contributed by atoms with Crippen molar-refractivity contribution in [1.29, 1.82) is 0 Å². The summed E-state index contributed by atoms with van der Waals surface area (Å²) >= 11 is 0. The predicted molar refractivity (Wildman–Crippen MR) is 91.9 cm³/mol. The van der Waals surface area contributed by atoms with Gasteiger partial charge in [0.1, 0.15) is 0 Å². The van der Waals surface area contributed by atoms with Crippen LogP contribution in [0, 0.1) is 5.92 Å². The van der Waals surface area contributed by atoms with Gasteiger partial charge in [-0.3, -0.25) is 9.69 Å². The zero-order valence-corrected chi connectivity index (χ0v) is 14.2. The van der Waals surface area contributed by atoms with Crippen LogP contribution in [0.5, 0.6) is 0 Å². The van der Waals surface area contributed by atoms with Gasteiger partial charge < -0.3 is 15.7 Å². The van der Waals surface area contributed by atoms with E-state index >= 15 is 0 Å². The first-order valence-corrected chi connectivity index (χ1v) is 8.49. The van der Waals surface area contributed by atoms with E-state index in [4.69, 9.17) is 0 Å². The molecule has 0 saturated carbocycles. The number of amides is 1. The van der Waals surface area contributed by atoms with Crippen LogP contribution in [0.25, 0.3) is 0 Å². The van der Waals surface area contributed by atoms with E-state index in [1.807, 2.05) is 26.1 Å². The molecular weight excluding hydrogens is 290 g/mol. The zero-order valence-electron chi connectivity index (χ0n) is 14.2. The Morgan fingerprint density at radius 1 is 1.30 bits per heavy atom. The number of carbonyl (C=O) groups excluding carboxylic acids is 1. The van der Waals surface area contributed by atoms with E-state index in [0.29, 0.717) is 13.1 Å². The Hall–Kier alpha value is -1.43. The summed E-state index contributed by atoms with van der Waals surface area (Å²) in [6.45, 7) is 5.92. The fraction of sp³-hybridized carbons (Fsp3) is 0.611. The molecule has 1 amide bonds. The van der Waals surface area contributed by atoms with Crippen LogP contribution in [-0.4, -0.2) is 48.7 Å². The molecule has 1 fully saturated rings. The lowest BCUT2D eigenvalue weighted by atomic mass is 10.0. The molecule has 2 rings (SSSR count). The molecule has 0 radical (unpaired) electrons. The second kappa shape index (κ2) is 9.01. The van der Waals surface area contributed by atoms with Crippen LogP contribution < -0.4 is 10.6 Å². The number of likely N-dealkylation sites (tertiary alicyclic amines) is 1. The van der Waals surface area contributed by atoms with Gasteiger partial charge in [-0.2, -0.15) is 0 Å². The molecule has 0 bridgehead atoms. The van der Waals surface area contributed by atoms with Gasteiger partial charge in [0.15, 0.2) is 0 Å². The van der Waals surface area contributed by atoms with E-state index in [9.17, 15) is 9.90 Å². The van der Waals surface area contributed by atoms with Gasteiger partial charge in [-0.15, -0.1) is 0 Å². The van der Waals surface area contributed by atoms with Crippen LogP contribution in [0.15, 0.2) is 24.3 Å². The Morgan fingerprint density at radius 3 is 2.61 bits per heavy atom. The fourth-order valence-corrected chi connectivity index (χ4v) is 2.96. The van der Waals surface area contributed by atoms with E-state index in [2.05, 4.69) is 27.7 Å². The molecule has 0 aliphatic carbocycles. The summed E-state index contributed by atoms with van der Waals surface area (Å²) in [5.41, 5.74) is 2.43. The van der Waals surface area contributed by atoms with Crippen molar-refractivity contribution < 1.29 is 9.90 Å². The van der Waals surface area contributed by atoms with Gasteiger partial charge in [0.05, 0.1) is 6.10 Å². The van der Waals surface area contributed by atoms with E-state index < -0.39 is 0 Å². The number of aliphatic hydroxyl groups is 1. The molecule has 23 heavy (non-hydrogen) atoms. The lowest BCUT2D eigenvalue weighted by Gasteiger charge is -2.30. The topological polar surface area (TPSA) is 64.6 Å². The molecule has 5 nitrogen and oxygen atoms in total. The maximum Gasteiger partial charge on any atom is 0.224 e. The normalized spacial score (nSPS) is 17.9. The number of hydrogen-bond donors (Lipinski definition) is 3. The van der Waals surface area contributed by atoms with Gasteiger partial charge in [0.25, 0.3) is 0 Å². The highest BCUT2D eigenvalue weighted by Gasteiger charge is 2.18. The van der Waals surface area contributed by atoms with Crippen molar-refractivity contribution in [2.75, 3.05) is 26.7 Å². The van der Waals surface area contributed by atoms with Crippen molar-refractivity contribution in [2.45, 2.75) is 39.0 Å². The summed E-state index contributed by atoms with van der Waals surface area (Å²) in [5, 5.41) is 15.7. The third-order valence-corrected chi connectivity index (χ3v) is 4.48. The SMILES string of the molecule is CNCC(C)C(=O)NCc1ccccc1CN1CCC(O)CC1. The number of piperidine rings is 1. The summed E-state index contributed by atoms with van der Waals surface area (Å²) in [5.74, 6) is 0.0472. The molecule has 1 atom stereocenters. The first-order chi connectivity index (χ1) is 11.1. The van der Waals surface area contributed by atoms with Crippen LogP contribution in [0.1, 0.15) is 30.9 Å². The van der Waals surface area contributed by atoms with Crippen molar-refractivity contribution in [3.8, 4) is 0 Å². The molecule has 1 saturated heterocycles. The average molecular weight is 319 g/mol. The maximum atomic E-state index is 12.1. The molecule has 1 aromatic rings. The standard InChI is InChI=1S/C18H29N3O2/c1-14(11-19-2)18(23)20-12-15-5-3-4-6-16(15)13-21-9-7-17(22)8-10-21/h3-6,14,17,19,22H,7-13H2,1-2H3,(H,20,23). The van der Waals surface area contributed by atoms with Crippen LogP contribution in [0.2, 0.25) is 0 Å². The smallest absolute Gasteiger partial charge is 0.224 e. The van der Waals surface area contributed by atoms with Crippen molar-refractivity contribution in [3.63, 3.8) is 0 Å². The second-order valence-electron chi connectivity index (χ2n) is 6.45. The molecular formula is C18H29N3O2. The molecule has 0 spiro atoms. The Morgan fingerprint density at radius 2 is 1.96 bits per heavy atom. The first-order valence-electron chi connectivity index (χ1n) is 8.49. The van der Waals surface area contributed by atoms with Crippen LogP contribution in [-0.2, 0) is 17.9 Å². The molecule has 1 aliphatic heterocycles. The van der Waals surface area contributed by atoms with Gasteiger partial charge in [-0.1, -0.05) is 31.2 Å². The summed E-state index contributed by atoms with van der Waals surface area (Å²) < 4.78 is 0. The van der Waals surface area contributed by atoms with Crippen molar-refractivity contribution in [3.05, 3.63) is 35.4 Å². The van der Waals surface area contributed by atoms with Crippen molar-refractivity contribution in [2.24, 2.45) is 5.92 Å². The number of carbonyl (C=O) groups is 1. The number of nitrogens with zero attached hydrogens (tertiary/aromatic N) is 1. The summed E-state index contributed by atoms with van der Waals surface area (Å²) in [4.78, 5) is 14.4. The highest BCUT2D eigenvalue weighted by molar-refractivity contribution is 5.78. The highest BCUT2D eigenvalue weighted by atomic mass is 16.3. The van der Waals surface area contributed by atoms with Crippen molar-refractivity contribution in [1.82, 2.24) is 15.5 Å². The van der Waals surface area contributed by atoms with Crippen LogP contribution >= 0.6 is 0 Å². The van der Waals surface area contributed by atoms with Gasteiger partial charge >= 0.3 is 0 Å². The summed E-state index contributed by atoms with van der Waals surface area (Å²) in [7, 11) is 1.86. The minimum Gasteiger partial charge on any atom is -0.393 e. The highest BCUT2D eigenvalue weighted by Crippen LogP contribution is 2.16. The van der Waals surface area contributed by atoms with E-state index in [-0.39, 0.29) is 17.9 Å². The number of hydrogen-bond acceptors (Lipinski definition) is 4. The van der Waals surface area contributed by atoms with Gasteiger partial charge in [0, 0.05) is 38.6 Å². The average Bonchev–Trinajstić information content (AvgIpc) is 2.56.